The zero-order chi connectivity index (χ0) is 18.9. The molecule has 0 heterocycles. The van der Waals surface area contributed by atoms with Crippen LogP contribution in [0.2, 0.25) is 0 Å². The topological polar surface area (TPSA) is 35.5 Å². The van der Waals surface area contributed by atoms with E-state index in [2.05, 4.69) is 19.1 Å². The molecule has 0 amide bonds. The molecule has 27 heavy (non-hydrogen) atoms. The van der Waals surface area contributed by atoms with Crippen LogP contribution in [0, 0.1) is 5.92 Å². The van der Waals surface area contributed by atoms with Crippen molar-refractivity contribution < 1.29 is 14.3 Å². The highest BCUT2D eigenvalue weighted by molar-refractivity contribution is 5.75. The van der Waals surface area contributed by atoms with Gasteiger partial charge in [0.2, 0.25) is 0 Å². The molecule has 150 valence electrons. The first-order valence-electron chi connectivity index (χ1n) is 11.2. The van der Waals surface area contributed by atoms with Gasteiger partial charge in [0.05, 0.1) is 12.0 Å². The summed E-state index contributed by atoms with van der Waals surface area (Å²) in [7, 11) is 0. The third kappa shape index (κ3) is 6.34. The summed E-state index contributed by atoms with van der Waals surface area (Å²) in [5.74, 6) is 1.34. The van der Waals surface area contributed by atoms with Crippen LogP contribution in [-0.4, -0.2) is 18.7 Å². The highest BCUT2D eigenvalue weighted by Gasteiger charge is 2.28. The second-order valence-electron chi connectivity index (χ2n) is 8.38. The molecule has 0 radical (unpaired) electrons. The van der Waals surface area contributed by atoms with Gasteiger partial charge in [-0.2, -0.15) is 0 Å². The van der Waals surface area contributed by atoms with Crippen molar-refractivity contribution in [3.8, 4) is 5.75 Å². The number of carbonyl (C=O) groups is 1. The molecule has 1 aromatic carbocycles. The Morgan fingerprint density at radius 1 is 0.926 bits per heavy atom. The molecule has 3 nitrogen and oxygen atoms in total. The normalized spacial score (nSPS) is 23.9. The molecule has 0 N–H and O–H groups in total. The minimum Gasteiger partial charge on any atom is -0.426 e. The first-order valence-corrected chi connectivity index (χ1v) is 11.2. The van der Waals surface area contributed by atoms with Crippen LogP contribution >= 0.6 is 0 Å². The predicted octanol–water partition coefficient (Wildman–Crippen LogP) is 6.41. The maximum absolute atomic E-state index is 12.5. The van der Waals surface area contributed by atoms with Gasteiger partial charge in [0, 0.05) is 6.61 Å². The van der Waals surface area contributed by atoms with Crippen molar-refractivity contribution in [2.75, 3.05) is 6.61 Å². The Labute approximate surface area is 164 Å². The molecule has 0 aromatic heterocycles. The van der Waals surface area contributed by atoms with Crippen LogP contribution in [0.4, 0.5) is 0 Å². The van der Waals surface area contributed by atoms with Crippen molar-refractivity contribution in [3.63, 3.8) is 0 Å². The fourth-order valence-electron chi connectivity index (χ4n) is 4.51. The lowest BCUT2D eigenvalue weighted by atomic mass is 9.84. The van der Waals surface area contributed by atoms with Crippen molar-refractivity contribution in [1.29, 1.82) is 0 Å². The standard InChI is InChI=1S/C24H36O3/c1-2-3-7-18-26-22-14-12-21(13-15-22)24(25)27-23-16-10-20(11-17-23)19-8-5-4-6-9-19/h10-11,16-17,19,21-22H,2-9,12-15,18H2,1H3. The van der Waals surface area contributed by atoms with E-state index in [-0.39, 0.29) is 11.9 Å². The molecular weight excluding hydrogens is 336 g/mol. The Morgan fingerprint density at radius 2 is 1.63 bits per heavy atom. The molecular formula is C24H36O3. The van der Waals surface area contributed by atoms with Gasteiger partial charge < -0.3 is 9.47 Å². The summed E-state index contributed by atoms with van der Waals surface area (Å²) in [5.41, 5.74) is 1.40. The van der Waals surface area contributed by atoms with Crippen molar-refractivity contribution in [3.05, 3.63) is 29.8 Å². The van der Waals surface area contributed by atoms with E-state index in [0.29, 0.717) is 17.8 Å². The number of benzene rings is 1. The first-order chi connectivity index (χ1) is 13.3. The van der Waals surface area contributed by atoms with Crippen molar-refractivity contribution in [1.82, 2.24) is 0 Å². The Balaban J connectivity index is 1.40. The fourth-order valence-corrected chi connectivity index (χ4v) is 4.51. The smallest absolute Gasteiger partial charge is 0.314 e. The van der Waals surface area contributed by atoms with Crippen LogP contribution in [0.25, 0.3) is 0 Å². The molecule has 3 rings (SSSR count). The molecule has 0 spiro atoms. The largest absolute Gasteiger partial charge is 0.426 e. The van der Waals surface area contributed by atoms with Crippen LogP contribution in [-0.2, 0) is 9.53 Å². The Morgan fingerprint density at radius 3 is 2.30 bits per heavy atom. The highest BCUT2D eigenvalue weighted by Crippen LogP contribution is 2.33. The molecule has 0 aliphatic heterocycles. The predicted molar refractivity (Wildman–Crippen MR) is 109 cm³/mol. The van der Waals surface area contributed by atoms with Gasteiger partial charge in [-0.25, -0.2) is 0 Å². The van der Waals surface area contributed by atoms with Crippen molar-refractivity contribution in [2.45, 2.75) is 96.0 Å². The number of unbranched alkanes of at least 4 members (excludes halogenated alkanes) is 2. The Kier molecular flexibility index (Phi) is 8.19. The van der Waals surface area contributed by atoms with Crippen LogP contribution in [0.5, 0.6) is 5.75 Å². The summed E-state index contributed by atoms with van der Waals surface area (Å²) in [5, 5.41) is 0. The van der Waals surface area contributed by atoms with Crippen molar-refractivity contribution >= 4 is 5.97 Å². The second-order valence-corrected chi connectivity index (χ2v) is 8.38. The molecule has 2 aliphatic carbocycles. The lowest BCUT2D eigenvalue weighted by Gasteiger charge is -2.27. The summed E-state index contributed by atoms with van der Waals surface area (Å²) in [6, 6.07) is 8.26. The fraction of sp³-hybridized carbons (Fsp3) is 0.708. The van der Waals surface area contributed by atoms with Gasteiger partial charge in [-0.15, -0.1) is 0 Å². The van der Waals surface area contributed by atoms with E-state index in [1.165, 1.54) is 50.5 Å². The molecule has 1 aromatic rings. The third-order valence-corrected chi connectivity index (χ3v) is 6.28. The average Bonchev–Trinajstić information content (AvgIpc) is 2.73. The quantitative estimate of drug-likeness (QED) is 0.301. The van der Waals surface area contributed by atoms with Gasteiger partial charge in [0.25, 0.3) is 0 Å². The number of esters is 1. The first kappa shape index (κ1) is 20.4. The molecule has 0 bridgehead atoms. The van der Waals surface area contributed by atoms with E-state index in [9.17, 15) is 4.79 Å². The number of hydrogen-bond donors (Lipinski definition) is 0. The summed E-state index contributed by atoms with van der Waals surface area (Å²) in [4.78, 5) is 12.5. The maximum atomic E-state index is 12.5. The van der Waals surface area contributed by atoms with Crippen LogP contribution < -0.4 is 4.74 Å². The number of rotatable bonds is 8. The van der Waals surface area contributed by atoms with E-state index in [4.69, 9.17) is 9.47 Å². The zero-order valence-electron chi connectivity index (χ0n) is 17.0. The molecule has 2 aliphatic rings. The summed E-state index contributed by atoms with van der Waals surface area (Å²) < 4.78 is 11.6. The van der Waals surface area contributed by atoms with Gasteiger partial charge >= 0.3 is 5.97 Å². The number of hydrogen-bond acceptors (Lipinski definition) is 3. The summed E-state index contributed by atoms with van der Waals surface area (Å²) in [6.45, 7) is 3.07. The van der Waals surface area contributed by atoms with E-state index in [1.807, 2.05) is 12.1 Å². The average molecular weight is 373 g/mol. The van der Waals surface area contributed by atoms with Crippen LogP contribution in [0.3, 0.4) is 0 Å². The van der Waals surface area contributed by atoms with Gasteiger partial charge in [0.15, 0.2) is 0 Å². The van der Waals surface area contributed by atoms with Gasteiger partial charge in [0.1, 0.15) is 5.75 Å². The number of ether oxygens (including phenoxy) is 2. The van der Waals surface area contributed by atoms with E-state index in [0.717, 1.165) is 38.7 Å². The lowest BCUT2D eigenvalue weighted by molar-refractivity contribution is -0.141. The Bertz CT molecular complexity index is 551. The van der Waals surface area contributed by atoms with Crippen LogP contribution in [0.15, 0.2) is 24.3 Å². The minimum atomic E-state index is -0.0650. The SMILES string of the molecule is CCCCCOC1CCC(C(=O)Oc2ccc(C3CCCCC3)cc2)CC1. The minimum absolute atomic E-state index is 0.0264. The maximum Gasteiger partial charge on any atom is 0.314 e. The van der Waals surface area contributed by atoms with Gasteiger partial charge in [-0.3, -0.25) is 4.79 Å². The molecule has 3 heteroatoms. The second kappa shape index (κ2) is 10.8. The molecule has 2 fully saturated rings. The lowest BCUT2D eigenvalue weighted by Crippen LogP contribution is -2.29. The summed E-state index contributed by atoms with van der Waals surface area (Å²) in [6.07, 6.45) is 14.3. The van der Waals surface area contributed by atoms with Gasteiger partial charge in [-0.1, -0.05) is 51.2 Å². The molecule has 0 atom stereocenters. The highest BCUT2D eigenvalue weighted by atomic mass is 16.5. The number of carbonyl (C=O) groups excluding carboxylic acids is 1. The third-order valence-electron chi connectivity index (χ3n) is 6.28. The van der Waals surface area contributed by atoms with E-state index < -0.39 is 0 Å². The molecule has 0 saturated heterocycles. The van der Waals surface area contributed by atoms with Gasteiger partial charge in [-0.05, 0) is 68.6 Å². The summed E-state index contributed by atoms with van der Waals surface area (Å²) >= 11 is 0. The van der Waals surface area contributed by atoms with E-state index in [1.54, 1.807) is 0 Å². The van der Waals surface area contributed by atoms with Crippen LogP contribution in [0.1, 0.15) is 95.5 Å². The Hall–Kier alpha value is -1.35. The molecule has 2 saturated carbocycles. The molecule has 0 unspecified atom stereocenters. The zero-order valence-corrected chi connectivity index (χ0v) is 17.0. The van der Waals surface area contributed by atoms with E-state index >= 15 is 0 Å². The monoisotopic (exact) mass is 372 g/mol. The van der Waals surface area contributed by atoms with Crippen molar-refractivity contribution in [2.24, 2.45) is 5.92 Å².